The first-order valence-electron chi connectivity index (χ1n) is 9.33. The molecule has 1 heterocycles. The minimum Gasteiger partial charge on any atom is -0.487 e. The fourth-order valence-corrected chi connectivity index (χ4v) is 2.94. The fourth-order valence-electron chi connectivity index (χ4n) is 2.77. The Morgan fingerprint density at radius 1 is 1.06 bits per heavy atom. The van der Waals surface area contributed by atoms with Crippen molar-refractivity contribution in [2.24, 2.45) is 0 Å². The molecule has 0 spiro atoms. The van der Waals surface area contributed by atoms with Gasteiger partial charge in [0.05, 0.1) is 34.8 Å². The van der Waals surface area contributed by atoms with Gasteiger partial charge in [-0.2, -0.15) is 0 Å². The molecule has 0 saturated heterocycles. The highest BCUT2D eigenvalue weighted by Crippen LogP contribution is 2.39. The van der Waals surface area contributed by atoms with Crippen LogP contribution in [-0.2, 0) is 9.47 Å². The van der Waals surface area contributed by atoms with Gasteiger partial charge in [0.1, 0.15) is 25.4 Å². The normalized spacial score (nSPS) is 10.7. The summed E-state index contributed by atoms with van der Waals surface area (Å²) in [4.78, 5) is 8.37. The van der Waals surface area contributed by atoms with Gasteiger partial charge in [-0.15, -0.1) is 6.42 Å². The standard InChI is InChI=1S/C22H21ClFN3O4/c1-4-14-5-6-15(23)16(11-14)27-22-19-17(25-13-26-22)12-18(30-9-7-28-2)21(20(19)24)31-10-8-29-3/h1,5-6,11-13H,7-10H2,2-3H3,(H,25,26,27). The summed E-state index contributed by atoms with van der Waals surface area (Å²) in [6, 6.07) is 6.62. The molecule has 0 aliphatic rings. The van der Waals surface area contributed by atoms with Gasteiger partial charge in [0.15, 0.2) is 17.3 Å². The quantitative estimate of drug-likeness (QED) is 0.370. The van der Waals surface area contributed by atoms with E-state index in [-0.39, 0.29) is 42.5 Å². The molecule has 0 atom stereocenters. The number of ether oxygens (including phenoxy) is 4. The summed E-state index contributed by atoms with van der Waals surface area (Å²) < 4.78 is 36.9. The van der Waals surface area contributed by atoms with E-state index in [0.29, 0.717) is 28.4 Å². The van der Waals surface area contributed by atoms with Crippen molar-refractivity contribution in [3.63, 3.8) is 0 Å². The minimum atomic E-state index is -0.673. The number of methoxy groups -OCH3 is 2. The summed E-state index contributed by atoms with van der Waals surface area (Å²) in [6.45, 7) is 0.955. The van der Waals surface area contributed by atoms with E-state index in [4.69, 9.17) is 37.0 Å². The molecule has 0 saturated carbocycles. The van der Waals surface area contributed by atoms with E-state index in [9.17, 15) is 0 Å². The Hall–Kier alpha value is -3.12. The Balaban J connectivity index is 2.07. The van der Waals surface area contributed by atoms with Crippen molar-refractivity contribution >= 4 is 34.0 Å². The summed E-state index contributed by atoms with van der Waals surface area (Å²) in [5.41, 5.74) is 1.42. The van der Waals surface area contributed by atoms with E-state index in [2.05, 4.69) is 21.2 Å². The molecule has 0 unspecified atom stereocenters. The summed E-state index contributed by atoms with van der Waals surface area (Å²) in [5.74, 6) is 2.20. The number of hydrogen-bond donors (Lipinski definition) is 1. The van der Waals surface area contributed by atoms with Crippen molar-refractivity contribution in [1.29, 1.82) is 0 Å². The highest BCUT2D eigenvalue weighted by molar-refractivity contribution is 6.33. The van der Waals surface area contributed by atoms with Crippen molar-refractivity contribution in [1.82, 2.24) is 9.97 Å². The molecule has 0 fully saturated rings. The molecule has 3 rings (SSSR count). The highest BCUT2D eigenvalue weighted by atomic mass is 35.5. The van der Waals surface area contributed by atoms with Crippen LogP contribution in [-0.4, -0.2) is 50.6 Å². The smallest absolute Gasteiger partial charge is 0.198 e. The second kappa shape index (κ2) is 10.8. The largest absolute Gasteiger partial charge is 0.487 e. The third-order valence-corrected chi connectivity index (χ3v) is 4.58. The molecule has 7 nitrogen and oxygen atoms in total. The highest BCUT2D eigenvalue weighted by Gasteiger charge is 2.21. The SMILES string of the molecule is C#Cc1ccc(Cl)c(Nc2ncnc3cc(OCCOC)c(OCCOC)c(F)c23)c1. The molecule has 31 heavy (non-hydrogen) atoms. The summed E-state index contributed by atoms with van der Waals surface area (Å²) in [6.07, 6.45) is 6.78. The Morgan fingerprint density at radius 2 is 1.81 bits per heavy atom. The number of halogens is 2. The Morgan fingerprint density at radius 3 is 2.52 bits per heavy atom. The Labute approximate surface area is 184 Å². The van der Waals surface area contributed by atoms with Crippen molar-refractivity contribution in [3.05, 3.63) is 47.0 Å². The lowest BCUT2D eigenvalue weighted by Crippen LogP contribution is -2.10. The van der Waals surface area contributed by atoms with Crippen LogP contribution < -0.4 is 14.8 Å². The molecule has 0 aliphatic carbocycles. The molecular weight excluding hydrogens is 425 g/mol. The predicted octanol–water partition coefficient (Wildman–Crippen LogP) is 4.20. The molecule has 9 heteroatoms. The molecule has 0 bridgehead atoms. The molecule has 0 radical (unpaired) electrons. The topological polar surface area (TPSA) is 74.7 Å². The Kier molecular flexibility index (Phi) is 7.84. The van der Waals surface area contributed by atoms with Crippen LogP contribution >= 0.6 is 11.6 Å². The molecule has 0 amide bonds. The van der Waals surface area contributed by atoms with Gasteiger partial charge in [-0.05, 0) is 18.2 Å². The van der Waals surface area contributed by atoms with E-state index in [1.54, 1.807) is 31.4 Å². The van der Waals surface area contributed by atoms with Gasteiger partial charge in [0.25, 0.3) is 0 Å². The Bertz CT molecular complexity index is 1100. The molecule has 1 aromatic heterocycles. The molecule has 0 aliphatic heterocycles. The maximum Gasteiger partial charge on any atom is 0.198 e. The number of fused-ring (bicyclic) bond motifs is 1. The maximum absolute atomic E-state index is 15.6. The number of terminal acetylenes is 1. The van der Waals surface area contributed by atoms with Crippen molar-refractivity contribution in [2.45, 2.75) is 0 Å². The number of benzene rings is 2. The van der Waals surface area contributed by atoms with Gasteiger partial charge in [0, 0.05) is 25.8 Å². The maximum atomic E-state index is 15.6. The van der Waals surface area contributed by atoms with Gasteiger partial charge < -0.3 is 24.3 Å². The van der Waals surface area contributed by atoms with Gasteiger partial charge in [-0.25, -0.2) is 14.4 Å². The number of aromatic nitrogens is 2. The number of nitrogens with one attached hydrogen (secondary N) is 1. The van der Waals surface area contributed by atoms with E-state index in [0.717, 1.165) is 0 Å². The van der Waals surface area contributed by atoms with Crippen LogP contribution in [0.2, 0.25) is 5.02 Å². The van der Waals surface area contributed by atoms with Crippen molar-refractivity contribution < 1.29 is 23.3 Å². The first kappa shape index (κ1) is 22.6. The van der Waals surface area contributed by atoms with Crippen LogP contribution in [0.25, 0.3) is 10.9 Å². The first-order chi connectivity index (χ1) is 15.1. The van der Waals surface area contributed by atoms with Gasteiger partial charge in [0.2, 0.25) is 0 Å². The van der Waals surface area contributed by atoms with E-state index in [1.165, 1.54) is 13.4 Å². The van der Waals surface area contributed by atoms with Gasteiger partial charge in [-0.3, -0.25) is 0 Å². The van der Waals surface area contributed by atoms with Crippen LogP contribution in [0.1, 0.15) is 5.56 Å². The summed E-state index contributed by atoms with van der Waals surface area (Å²) in [7, 11) is 3.08. The molecule has 162 valence electrons. The zero-order valence-electron chi connectivity index (χ0n) is 17.1. The third-order valence-electron chi connectivity index (χ3n) is 4.25. The van der Waals surface area contributed by atoms with Crippen molar-refractivity contribution in [3.8, 4) is 23.8 Å². The van der Waals surface area contributed by atoms with Crippen LogP contribution in [0.4, 0.5) is 15.9 Å². The average Bonchev–Trinajstić information content (AvgIpc) is 2.77. The van der Waals surface area contributed by atoms with Gasteiger partial charge in [-0.1, -0.05) is 17.5 Å². The molecule has 2 aromatic carbocycles. The molecular formula is C22H21ClFN3O4. The summed E-state index contributed by atoms with van der Waals surface area (Å²) in [5, 5.41) is 3.56. The lowest BCUT2D eigenvalue weighted by Gasteiger charge is -2.16. The summed E-state index contributed by atoms with van der Waals surface area (Å²) >= 11 is 6.27. The van der Waals surface area contributed by atoms with Crippen LogP contribution in [0.5, 0.6) is 11.5 Å². The second-order valence-electron chi connectivity index (χ2n) is 6.28. The van der Waals surface area contributed by atoms with Crippen LogP contribution in [0.15, 0.2) is 30.6 Å². The fraction of sp³-hybridized carbons (Fsp3) is 0.273. The lowest BCUT2D eigenvalue weighted by molar-refractivity contribution is 0.130. The predicted molar refractivity (Wildman–Crippen MR) is 117 cm³/mol. The van der Waals surface area contributed by atoms with E-state index < -0.39 is 5.82 Å². The van der Waals surface area contributed by atoms with E-state index in [1.807, 2.05) is 0 Å². The number of anilines is 2. The monoisotopic (exact) mass is 445 g/mol. The minimum absolute atomic E-state index is 0.0676. The number of nitrogens with zero attached hydrogens (tertiary/aromatic N) is 2. The zero-order valence-corrected chi connectivity index (χ0v) is 17.8. The second-order valence-corrected chi connectivity index (χ2v) is 6.69. The van der Waals surface area contributed by atoms with Crippen LogP contribution in [0.3, 0.4) is 0 Å². The third kappa shape index (κ3) is 5.33. The van der Waals surface area contributed by atoms with Crippen molar-refractivity contribution in [2.75, 3.05) is 46.0 Å². The molecule has 1 N–H and O–H groups in total. The molecule has 3 aromatic rings. The number of rotatable bonds is 10. The average molecular weight is 446 g/mol. The van der Waals surface area contributed by atoms with Gasteiger partial charge >= 0.3 is 0 Å². The van der Waals surface area contributed by atoms with E-state index >= 15 is 4.39 Å². The lowest BCUT2D eigenvalue weighted by atomic mass is 10.1. The van der Waals surface area contributed by atoms with Crippen LogP contribution in [0, 0.1) is 18.2 Å². The number of hydrogen-bond acceptors (Lipinski definition) is 7. The zero-order chi connectivity index (χ0) is 22.2. The first-order valence-corrected chi connectivity index (χ1v) is 9.70.